The predicted molar refractivity (Wildman–Crippen MR) is 65.5 cm³/mol. The first-order valence-electron chi connectivity index (χ1n) is 6.41. The van der Waals surface area contributed by atoms with Crippen molar-refractivity contribution in [2.24, 2.45) is 0 Å². The number of nitrogens with one attached hydrogen (secondary N) is 1. The van der Waals surface area contributed by atoms with Gasteiger partial charge in [-0.3, -0.25) is 0 Å². The Morgan fingerprint density at radius 2 is 2.29 bits per heavy atom. The maximum Gasteiger partial charge on any atom is 0.162 e. The van der Waals surface area contributed by atoms with Gasteiger partial charge in [0.2, 0.25) is 0 Å². The molecule has 1 heterocycles. The van der Waals surface area contributed by atoms with E-state index in [2.05, 4.69) is 31.2 Å². The van der Waals surface area contributed by atoms with Crippen LogP contribution >= 0.6 is 0 Å². The second kappa shape index (κ2) is 5.19. The van der Waals surface area contributed by atoms with Crippen molar-refractivity contribution in [3.8, 4) is 0 Å². The van der Waals surface area contributed by atoms with Gasteiger partial charge in [0.05, 0.1) is 11.3 Å². The lowest BCUT2D eigenvalue weighted by atomic mass is 10.1. The van der Waals surface area contributed by atoms with Gasteiger partial charge in [-0.2, -0.15) is 0 Å². The van der Waals surface area contributed by atoms with Crippen LogP contribution in [0.5, 0.6) is 0 Å². The average molecular weight is 238 g/mol. The molecule has 1 N–H and O–H groups in total. The van der Waals surface area contributed by atoms with Crippen LogP contribution in [0.25, 0.3) is 0 Å². The van der Waals surface area contributed by atoms with Crippen LogP contribution in [0, 0.1) is 0 Å². The van der Waals surface area contributed by atoms with Crippen LogP contribution in [-0.2, 0) is 17.9 Å². The fourth-order valence-corrected chi connectivity index (χ4v) is 1.41. The molecule has 0 unspecified atom stereocenters. The minimum atomic E-state index is -0.0980. The minimum Gasteiger partial charge on any atom is -0.368 e. The number of ether oxygens (including phenoxy) is 1. The van der Waals surface area contributed by atoms with E-state index in [-0.39, 0.29) is 5.60 Å². The maximum absolute atomic E-state index is 5.76. The monoisotopic (exact) mass is 238 g/mol. The maximum atomic E-state index is 5.76. The quantitative estimate of drug-likeness (QED) is 0.793. The standard InChI is InChI=1S/C13H22N2O2/c1-4-13(2,3)16-9-12-7-11(15-17-12)8-14-10-5-6-10/h7,10,14H,4-6,8-9H2,1-3H3. The molecule has 0 spiro atoms. The van der Waals surface area contributed by atoms with Crippen LogP contribution in [0.3, 0.4) is 0 Å². The molecule has 0 bridgehead atoms. The van der Waals surface area contributed by atoms with Gasteiger partial charge in [-0.15, -0.1) is 0 Å². The van der Waals surface area contributed by atoms with Gasteiger partial charge in [0.1, 0.15) is 6.61 Å². The third-order valence-corrected chi connectivity index (χ3v) is 3.21. The summed E-state index contributed by atoms with van der Waals surface area (Å²) >= 11 is 0. The van der Waals surface area contributed by atoms with Crippen molar-refractivity contribution in [2.45, 2.75) is 64.8 Å². The number of hydrogen-bond donors (Lipinski definition) is 1. The van der Waals surface area contributed by atoms with E-state index in [1.807, 2.05) is 6.07 Å². The molecule has 0 amide bonds. The highest BCUT2D eigenvalue weighted by molar-refractivity contribution is 5.05. The van der Waals surface area contributed by atoms with Gasteiger partial charge < -0.3 is 14.6 Å². The molecule has 1 aliphatic carbocycles. The van der Waals surface area contributed by atoms with E-state index >= 15 is 0 Å². The molecular weight excluding hydrogens is 216 g/mol. The molecule has 0 saturated heterocycles. The summed E-state index contributed by atoms with van der Waals surface area (Å²) in [4.78, 5) is 0. The Morgan fingerprint density at radius 3 is 2.94 bits per heavy atom. The lowest BCUT2D eigenvalue weighted by Crippen LogP contribution is -2.22. The summed E-state index contributed by atoms with van der Waals surface area (Å²) in [6.45, 7) is 7.58. The first-order chi connectivity index (χ1) is 8.09. The largest absolute Gasteiger partial charge is 0.368 e. The second-order valence-electron chi connectivity index (χ2n) is 5.34. The highest BCUT2D eigenvalue weighted by atomic mass is 16.5. The zero-order chi connectivity index (χ0) is 12.3. The van der Waals surface area contributed by atoms with E-state index in [1.54, 1.807) is 0 Å². The third-order valence-electron chi connectivity index (χ3n) is 3.21. The second-order valence-corrected chi connectivity index (χ2v) is 5.34. The van der Waals surface area contributed by atoms with Gasteiger partial charge in [0.25, 0.3) is 0 Å². The van der Waals surface area contributed by atoms with Crippen molar-refractivity contribution < 1.29 is 9.26 Å². The number of hydrogen-bond acceptors (Lipinski definition) is 4. The summed E-state index contributed by atoms with van der Waals surface area (Å²) in [5.41, 5.74) is 0.865. The lowest BCUT2D eigenvalue weighted by molar-refractivity contribution is -0.0398. The van der Waals surface area contributed by atoms with Crippen molar-refractivity contribution in [1.82, 2.24) is 10.5 Å². The smallest absolute Gasteiger partial charge is 0.162 e. The van der Waals surface area contributed by atoms with Crippen molar-refractivity contribution in [1.29, 1.82) is 0 Å². The molecule has 4 heteroatoms. The molecule has 0 radical (unpaired) electrons. The van der Waals surface area contributed by atoms with Crippen LogP contribution in [0.4, 0.5) is 0 Å². The molecular formula is C13H22N2O2. The van der Waals surface area contributed by atoms with E-state index < -0.39 is 0 Å². The zero-order valence-electron chi connectivity index (χ0n) is 11.0. The predicted octanol–water partition coefficient (Wildman–Crippen LogP) is 2.63. The van der Waals surface area contributed by atoms with Crippen LogP contribution in [0.1, 0.15) is 51.5 Å². The third kappa shape index (κ3) is 4.13. The van der Waals surface area contributed by atoms with Crippen LogP contribution < -0.4 is 5.32 Å². The first kappa shape index (κ1) is 12.6. The Hall–Kier alpha value is -0.870. The summed E-state index contributed by atoms with van der Waals surface area (Å²) in [5, 5.41) is 7.43. The van der Waals surface area contributed by atoms with Crippen molar-refractivity contribution >= 4 is 0 Å². The summed E-state index contributed by atoms with van der Waals surface area (Å²) in [6.07, 6.45) is 3.56. The van der Waals surface area contributed by atoms with Crippen LogP contribution in [0.15, 0.2) is 10.6 Å². The molecule has 4 nitrogen and oxygen atoms in total. The Labute approximate surface area is 103 Å². The van der Waals surface area contributed by atoms with Gasteiger partial charge in [-0.1, -0.05) is 12.1 Å². The number of aromatic nitrogens is 1. The van der Waals surface area contributed by atoms with E-state index in [0.717, 1.165) is 24.4 Å². The molecule has 0 aromatic carbocycles. The molecule has 0 aliphatic heterocycles. The van der Waals surface area contributed by atoms with Gasteiger partial charge in [-0.05, 0) is 33.1 Å². The summed E-state index contributed by atoms with van der Waals surface area (Å²) < 4.78 is 11.0. The summed E-state index contributed by atoms with van der Waals surface area (Å²) in [6, 6.07) is 2.67. The van der Waals surface area contributed by atoms with Gasteiger partial charge >= 0.3 is 0 Å². The van der Waals surface area contributed by atoms with Crippen LogP contribution in [0.2, 0.25) is 0 Å². The molecule has 1 aliphatic rings. The lowest BCUT2D eigenvalue weighted by Gasteiger charge is -2.22. The summed E-state index contributed by atoms with van der Waals surface area (Å²) in [7, 11) is 0. The van der Waals surface area contributed by atoms with Crippen LogP contribution in [-0.4, -0.2) is 16.8 Å². The molecule has 1 saturated carbocycles. The van der Waals surface area contributed by atoms with Gasteiger partial charge in [0, 0.05) is 18.7 Å². The molecule has 1 aromatic rings. The fraction of sp³-hybridized carbons (Fsp3) is 0.769. The SMILES string of the molecule is CCC(C)(C)OCc1cc(CNC2CC2)no1. The number of rotatable bonds is 7. The molecule has 2 rings (SSSR count). The molecule has 1 aromatic heterocycles. The normalized spacial score (nSPS) is 16.4. The van der Waals surface area contributed by atoms with Crippen molar-refractivity contribution in [3.63, 3.8) is 0 Å². The van der Waals surface area contributed by atoms with E-state index in [9.17, 15) is 0 Å². The Morgan fingerprint density at radius 1 is 1.53 bits per heavy atom. The summed E-state index contributed by atoms with van der Waals surface area (Å²) in [5.74, 6) is 0.805. The van der Waals surface area contributed by atoms with E-state index in [0.29, 0.717) is 12.6 Å². The molecule has 0 atom stereocenters. The van der Waals surface area contributed by atoms with E-state index in [4.69, 9.17) is 9.26 Å². The highest BCUT2D eigenvalue weighted by Gasteiger charge is 2.21. The first-order valence-corrected chi connectivity index (χ1v) is 6.41. The van der Waals surface area contributed by atoms with Gasteiger partial charge in [0.15, 0.2) is 5.76 Å². The van der Waals surface area contributed by atoms with Crippen molar-refractivity contribution in [2.75, 3.05) is 0 Å². The Kier molecular flexibility index (Phi) is 3.84. The molecule has 96 valence electrons. The Balaban J connectivity index is 1.76. The Bertz CT molecular complexity index is 356. The minimum absolute atomic E-state index is 0.0980. The zero-order valence-corrected chi connectivity index (χ0v) is 11.0. The van der Waals surface area contributed by atoms with Gasteiger partial charge in [-0.25, -0.2) is 0 Å². The van der Waals surface area contributed by atoms with Crippen molar-refractivity contribution in [3.05, 3.63) is 17.5 Å². The van der Waals surface area contributed by atoms with E-state index in [1.165, 1.54) is 12.8 Å². The number of nitrogens with zero attached hydrogens (tertiary/aromatic N) is 1. The fourth-order valence-electron chi connectivity index (χ4n) is 1.41. The highest BCUT2D eigenvalue weighted by Crippen LogP contribution is 2.20. The molecule has 1 fully saturated rings. The molecule has 17 heavy (non-hydrogen) atoms. The average Bonchev–Trinajstić information content (AvgIpc) is 3.03. The topological polar surface area (TPSA) is 47.3 Å².